The molecule has 0 bridgehead atoms. The van der Waals surface area contributed by atoms with Crippen molar-refractivity contribution in [3.63, 3.8) is 0 Å². The van der Waals surface area contributed by atoms with Gasteiger partial charge in [0.1, 0.15) is 0 Å². The van der Waals surface area contributed by atoms with Gasteiger partial charge in [0.2, 0.25) is 20.0 Å². The third-order valence-electron chi connectivity index (χ3n) is 7.76. The highest BCUT2D eigenvalue weighted by Gasteiger charge is 2.30. The minimum atomic E-state index is -3.59. The summed E-state index contributed by atoms with van der Waals surface area (Å²) in [6.07, 6.45) is 4.36. The van der Waals surface area contributed by atoms with E-state index in [0.29, 0.717) is 43.3 Å². The number of anilines is 1. The van der Waals surface area contributed by atoms with Crippen molar-refractivity contribution in [2.45, 2.75) is 41.9 Å². The highest BCUT2D eigenvalue weighted by molar-refractivity contribution is 7.89. The van der Waals surface area contributed by atoms with Crippen molar-refractivity contribution in [3.05, 3.63) is 90.0 Å². The third kappa shape index (κ3) is 6.46. The van der Waals surface area contributed by atoms with Gasteiger partial charge in [-0.25, -0.2) is 16.8 Å². The molecular weight excluding hydrogens is 546 g/mol. The monoisotopic (exact) mass is 581 g/mol. The predicted octanol–water partition coefficient (Wildman–Crippen LogP) is 4.41. The smallest absolute Gasteiger partial charge is 0.243 e. The van der Waals surface area contributed by atoms with E-state index >= 15 is 0 Å². The third-order valence-corrected chi connectivity index (χ3v) is 11.6. The molecule has 5 rings (SSSR count). The second-order valence-corrected chi connectivity index (χ2v) is 14.3. The Morgan fingerprint density at radius 2 is 1.23 bits per heavy atom. The van der Waals surface area contributed by atoms with Gasteiger partial charge in [-0.1, -0.05) is 30.3 Å². The van der Waals surface area contributed by atoms with E-state index in [4.69, 9.17) is 0 Å². The molecule has 0 aliphatic carbocycles. The Balaban J connectivity index is 1.13. The number of nitrogens with zero attached hydrogens (tertiary/aromatic N) is 2. The maximum atomic E-state index is 13.2. The lowest BCUT2D eigenvalue weighted by Gasteiger charge is -2.31. The van der Waals surface area contributed by atoms with Crippen LogP contribution in [0.15, 0.2) is 88.7 Å². The summed E-state index contributed by atoms with van der Waals surface area (Å²) >= 11 is 0. The summed E-state index contributed by atoms with van der Waals surface area (Å²) in [6.45, 7) is 2.07. The molecule has 0 spiro atoms. The Hall–Kier alpha value is -3.05. The molecule has 40 heavy (non-hydrogen) atoms. The van der Waals surface area contributed by atoms with Crippen LogP contribution in [0.2, 0.25) is 0 Å². The van der Waals surface area contributed by atoms with Gasteiger partial charge < -0.3 is 5.32 Å². The zero-order valence-electron chi connectivity index (χ0n) is 22.4. The fourth-order valence-electron chi connectivity index (χ4n) is 5.37. The Morgan fingerprint density at radius 1 is 0.700 bits per heavy atom. The van der Waals surface area contributed by atoms with E-state index in [0.717, 1.165) is 32.1 Å². The zero-order chi connectivity index (χ0) is 28.2. The van der Waals surface area contributed by atoms with Crippen molar-refractivity contribution in [1.82, 2.24) is 8.61 Å². The average molecular weight is 582 g/mol. The molecule has 212 valence electrons. The summed E-state index contributed by atoms with van der Waals surface area (Å²) in [5, 5.41) is 3.04. The SMILES string of the molecule is O=C(CNc1ccc(S(=O)(=O)N2CCC(Cc3ccccc3)CC2)cc1)c1ccc(S(=O)(=O)N2CCCC2)cc1. The van der Waals surface area contributed by atoms with Crippen molar-refractivity contribution in [3.8, 4) is 0 Å². The Kier molecular flexibility index (Phi) is 8.70. The first-order valence-corrected chi connectivity index (χ1v) is 16.6. The molecule has 0 unspecified atom stereocenters. The summed E-state index contributed by atoms with van der Waals surface area (Å²) in [5.41, 5.74) is 2.32. The summed E-state index contributed by atoms with van der Waals surface area (Å²) in [7, 11) is -7.11. The lowest BCUT2D eigenvalue weighted by Crippen LogP contribution is -2.38. The number of carbonyl (C=O) groups excluding carboxylic acids is 1. The topological polar surface area (TPSA) is 104 Å². The molecule has 10 heteroatoms. The van der Waals surface area contributed by atoms with Gasteiger partial charge in [-0.05, 0) is 92.1 Å². The van der Waals surface area contributed by atoms with Crippen LogP contribution in [0.3, 0.4) is 0 Å². The van der Waals surface area contributed by atoms with Crippen LogP contribution in [-0.4, -0.2) is 64.0 Å². The van der Waals surface area contributed by atoms with E-state index < -0.39 is 20.0 Å². The van der Waals surface area contributed by atoms with E-state index in [2.05, 4.69) is 17.4 Å². The highest BCUT2D eigenvalue weighted by atomic mass is 32.2. The minimum absolute atomic E-state index is 0.000748. The number of Topliss-reactive ketones (excluding diaryl/α,β-unsaturated/α-hetero) is 1. The van der Waals surface area contributed by atoms with Gasteiger partial charge in [0.05, 0.1) is 16.3 Å². The van der Waals surface area contributed by atoms with E-state index in [1.807, 2.05) is 18.2 Å². The second-order valence-electron chi connectivity index (χ2n) is 10.5. The van der Waals surface area contributed by atoms with Crippen LogP contribution < -0.4 is 5.32 Å². The van der Waals surface area contributed by atoms with Gasteiger partial charge in [0.15, 0.2) is 5.78 Å². The van der Waals surface area contributed by atoms with Gasteiger partial charge in [-0.3, -0.25) is 4.79 Å². The molecule has 2 aliphatic rings. The van der Waals surface area contributed by atoms with Gasteiger partial charge in [0.25, 0.3) is 0 Å². The molecule has 0 aromatic heterocycles. The Morgan fingerprint density at radius 3 is 1.80 bits per heavy atom. The van der Waals surface area contributed by atoms with Gasteiger partial charge in [-0.2, -0.15) is 8.61 Å². The number of benzene rings is 3. The van der Waals surface area contributed by atoms with E-state index in [1.165, 1.54) is 34.1 Å². The normalized spacial score (nSPS) is 17.6. The fraction of sp³-hybridized carbons (Fsp3) is 0.367. The maximum Gasteiger partial charge on any atom is 0.243 e. The molecule has 0 radical (unpaired) electrons. The predicted molar refractivity (Wildman–Crippen MR) is 155 cm³/mol. The van der Waals surface area contributed by atoms with Crippen LogP contribution in [0.25, 0.3) is 0 Å². The molecule has 1 N–H and O–H groups in total. The first-order valence-electron chi connectivity index (χ1n) is 13.7. The lowest BCUT2D eigenvalue weighted by atomic mass is 9.91. The molecule has 3 aromatic rings. The van der Waals surface area contributed by atoms with E-state index in [9.17, 15) is 21.6 Å². The van der Waals surface area contributed by atoms with Crippen molar-refractivity contribution < 1.29 is 21.6 Å². The van der Waals surface area contributed by atoms with Crippen molar-refractivity contribution >= 4 is 31.5 Å². The number of piperidine rings is 1. The molecule has 2 saturated heterocycles. The Bertz CT molecular complexity index is 1510. The van der Waals surface area contributed by atoms with Crippen LogP contribution in [0.5, 0.6) is 0 Å². The highest BCUT2D eigenvalue weighted by Crippen LogP contribution is 2.27. The number of nitrogens with one attached hydrogen (secondary N) is 1. The summed E-state index contributed by atoms with van der Waals surface area (Å²) in [4.78, 5) is 13.1. The molecule has 8 nitrogen and oxygen atoms in total. The van der Waals surface area contributed by atoms with Gasteiger partial charge in [-0.15, -0.1) is 0 Å². The van der Waals surface area contributed by atoms with Crippen LogP contribution >= 0.6 is 0 Å². The van der Waals surface area contributed by atoms with Crippen LogP contribution in [0.1, 0.15) is 41.6 Å². The number of hydrogen-bond donors (Lipinski definition) is 1. The van der Waals surface area contributed by atoms with Crippen LogP contribution in [0.4, 0.5) is 5.69 Å². The zero-order valence-corrected chi connectivity index (χ0v) is 24.0. The molecular formula is C30H35N3O5S2. The first kappa shape index (κ1) is 28.5. The van der Waals surface area contributed by atoms with Crippen molar-refractivity contribution in [2.75, 3.05) is 38.0 Å². The quantitative estimate of drug-likeness (QED) is 0.356. The molecule has 0 amide bonds. The number of sulfonamides is 2. The summed E-state index contributed by atoms with van der Waals surface area (Å²) in [5.74, 6) is 0.281. The number of hydrogen-bond acceptors (Lipinski definition) is 6. The number of rotatable bonds is 10. The van der Waals surface area contributed by atoms with Crippen LogP contribution in [-0.2, 0) is 26.5 Å². The summed E-state index contributed by atoms with van der Waals surface area (Å²) in [6, 6.07) is 22.8. The largest absolute Gasteiger partial charge is 0.378 e. The molecule has 2 heterocycles. The van der Waals surface area contributed by atoms with E-state index in [1.54, 1.807) is 28.6 Å². The van der Waals surface area contributed by atoms with E-state index in [-0.39, 0.29) is 22.1 Å². The Labute approximate surface area is 237 Å². The maximum absolute atomic E-state index is 13.2. The first-order chi connectivity index (χ1) is 19.2. The second kappa shape index (κ2) is 12.2. The molecule has 3 aromatic carbocycles. The number of carbonyl (C=O) groups is 1. The van der Waals surface area contributed by atoms with Crippen molar-refractivity contribution in [1.29, 1.82) is 0 Å². The molecule has 2 aliphatic heterocycles. The molecule has 0 saturated carbocycles. The molecule has 0 atom stereocenters. The summed E-state index contributed by atoms with van der Waals surface area (Å²) < 4.78 is 54.8. The van der Waals surface area contributed by atoms with Crippen molar-refractivity contribution in [2.24, 2.45) is 5.92 Å². The molecule has 2 fully saturated rings. The minimum Gasteiger partial charge on any atom is -0.378 e. The number of ketones is 1. The van der Waals surface area contributed by atoms with Crippen LogP contribution in [0, 0.1) is 5.92 Å². The van der Waals surface area contributed by atoms with Gasteiger partial charge >= 0.3 is 0 Å². The lowest BCUT2D eigenvalue weighted by molar-refractivity contribution is 0.101. The fourth-order valence-corrected chi connectivity index (χ4v) is 8.36. The van der Waals surface area contributed by atoms with Gasteiger partial charge in [0, 0.05) is 37.4 Å². The standard InChI is InChI=1S/C30H35N3O5S2/c34-30(26-8-12-28(13-9-26)39(35,36)32-18-4-5-19-32)23-31-27-10-14-29(15-11-27)40(37,38)33-20-16-25(17-21-33)22-24-6-2-1-3-7-24/h1-3,6-15,25,31H,4-5,16-23H2. The average Bonchev–Trinajstić information content (AvgIpc) is 3.53.